The Balaban J connectivity index is 1.76. The summed E-state index contributed by atoms with van der Waals surface area (Å²) in [6.07, 6.45) is 1.49. The van der Waals surface area contributed by atoms with Crippen molar-refractivity contribution in [1.82, 2.24) is 18.4 Å². The summed E-state index contributed by atoms with van der Waals surface area (Å²) in [5, 5.41) is 4.17. The lowest BCUT2D eigenvalue weighted by molar-refractivity contribution is 0.272. The van der Waals surface area contributed by atoms with Gasteiger partial charge in [-0.05, 0) is 38.1 Å². The highest BCUT2D eigenvalue weighted by Gasteiger charge is 2.35. The first-order valence-electron chi connectivity index (χ1n) is 8.46. The fourth-order valence-electron chi connectivity index (χ4n) is 2.96. The average molecular weight is 417 g/mol. The van der Waals surface area contributed by atoms with Gasteiger partial charge in [-0.25, -0.2) is 21.2 Å². The average Bonchev–Trinajstić information content (AvgIpc) is 3.04. The zero-order chi connectivity index (χ0) is 19.8. The van der Waals surface area contributed by atoms with Crippen LogP contribution in [-0.2, 0) is 26.6 Å². The highest BCUT2D eigenvalue weighted by Crippen LogP contribution is 2.23. The lowest BCUT2D eigenvalue weighted by Crippen LogP contribution is -2.50. The molecule has 1 aromatic carbocycles. The van der Waals surface area contributed by atoms with Crippen LogP contribution in [0.4, 0.5) is 4.39 Å². The number of aromatic nitrogens is 2. The van der Waals surface area contributed by atoms with E-state index in [2.05, 4.69) is 5.10 Å². The van der Waals surface area contributed by atoms with E-state index < -0.39 is 25.9 Å². The molecule has 3 rings (SSSR count). The third-order valence-electron chi connectivity index (χ3n) is 4.49. The lowest BCUT2D eigenvalue weighted by atomic mass is 10.4. The topological polar surface area (TPSA) is 92.6 Å². The molecule has 1 aliphatic heterocycles. The second-order valence-electron chi connectivity index (χ2n) is 6.20. The number of piperazine rings is 1. The van der Waals surface area contributed by atoms with Crippen molar-refractivity contribution in [3.8, 4) is 0 Å². The normalized spacial score (nSPS) is 17.3. The second kappa shape index (κ2) is 7.30. The number of sulfonamides is 2. The van der Waals surface area contributed by atoms with Crippen LogP contribution in [0.3, 0.4) is 0 Å². The van der Waals surface area contributed by atoms with Crippen LogP contribution in [0.25, 0.3) is 0 Å². The van der Waals surface area contributed by atoms with Gasteiger partial charge in [0.1, 0.15) is 10.7 Å². The summed E-state index contributed by atoms with van der Waals surface area (Å²) in [6, 6.07) is 4.58. The number of hydrogen-bond donors (Lipinski definition) is 0. The number of aryl methyl sites for hydroxylation is 2. The fourth-order valence-corrected chi connectivity index (χ4v) is 5.97. The van der Waals surface area contributed by atoms with Gasteiger partial charge in [0.2, 0.25) is 20.0 Å². The van der Waals surface area contributed by atoms with E-state index in [0.717, 1.165) is 12.1 Å². The highest BCUT2D eigenvalue weighted by molar-refractivity contribution is 7.89. The third-order valence-corrected chi connectivity index (χ3v) is 8.41. The fraction of sp³-hybridized carbons (Fsp3) is 0.438. The van der Waals surface area contributed by atoms with E-state index in [1.807, 2.05) is 6.92 Å². The lowest BCUT2D eigenvalue weighted by Gasteiger charge is -2.33. The van der Waals surface area contributed by atoms with Gasteiger partial charge in [0.05, 0.1) is 10.6 Å². The van der Waals surface area contributed by atoms with E-state index >= 15 is 0 Å². The Labute approximate surface area is 158 Å². The first-order chi connectivity index (χ1) is 12.7. The summed E-state index contributed by atoms with van der Waals surface area (Å²) in [7, 11) is -7.53. The third kappa shape index (κ3) is 3.77. The van der Waals surface area contributed by atoms with Crippen LogP contribution in [0.1, 0.15) is 12.6 Å². The SMILES string of the molecule is CCn1cc(S(=O)(=O)N2CCN(S(=O)(=O)c3ccc(F)cc3)CC2)c(C)n1. The first-order valence-corrected chi connectivity index (χ1v) is 11.3. The van der Waals surface area contributed by atoms with Gasteiger partial charge in [0, 0.05) is 38.9 Å². The molecule has 8 nitrogen and oxygen atoms in total. The van der Waals surface area contributed by atoms with Crippen molar-refractivity contribution in [2.45, 2.75) is 30.2 Å². The predicted molar refractivity (Wildman–Crippen MR) is 96.6 cm³/mol. The van der Waals surface area contributed by atoms with Crippen molar-refractivity contribution in [3.05, 3.63) is 42.0 Å². The molecule has 2 aromatic rings. The Kier molecular flexibility index (Phi) is 5.39. The van der Waals surface area contributed by atoms with Crippen LogP contribution in [-0.4, -0.2) is 61.4 Å². The molecule has 0 spiro atoms. The Hall–Kier alpha value is -1.82. The zero-order valence-corrected chi connectivity index (χ0v) is 16.7. The van der Waals surface area contributed by atoms with Crippen LogP contribution in [0.15, 0.2) is 40.3 Å². The maximum Gasteiger partial charge on any atom is 0.246 e. The van der Waals surface area contributed by atoms with E-state index in [1.165, 1.54) is 26.9 Å². The van der Waals surface area contributed by atoms with Gasteiger partial charge in [0.25, 0.3) is 0 Å². The molecule has 1 saturated heterocycles. The second-order valence-corrected chi connectivity index (χ2v) is 10.0. The molecule has 27 heavy (non-hydrogen) atoms. The van der Waals surface area contributed by atoms with Crippen LogP contribution >= 0.6 is 0 Å². The van der Waals surface area contributed by atoms with Crippen molar-refractivity contribution in [2.75, 3.05) is 26.2 Å². The van der Waals surface area contributed by atoms with Crippen LogP contribution in [0.5, 0.6) is 0 Å². The molecule has 0 atom stereocenters. The van der Waals surface area contributed by atoms with Gasteiger partial charge < -0.3 is 0 Å². The summed E-state index contributed by atoms with van der Waals surface area (Å²) in [5.41, 5.74) is 0.415. The highest BCUT2D eigenvalue weighted by atomic mass is 32.2. The molecule has 2 heterocycles. The minimum Gasteiger partial charge on any atom is -0.271 e. The van der Waals surface area contributed by atoms with Crippen molar-refractivity contribution in [1.29, 1.82) is 0 Å². The zero-order valence-electron chi connectivity index (χ0n) is 15.0. The molecule has 1 fully saturated rings. The Morgan fingerprint density at radius 2 is 1.48 bits per heavy atom. The molecule has 0 bridgehead atoms. The van der Waals surface area contributed by atoms with Crippen molar-refractivity contribution in [3.63, 3.8) is 0 Å². The Morgan fingerprint density at radius 3 is 1.96 bits per heavy atom. The molecule has 0 N–H and O–H groups in total. The molecule has 0 amide bonds. The number of halogens is 1. The maximum atomic E-state index is 13.0. The van der Waals surface area contributed by atoms with Crippen molar-refractivity contribution < 1.29 is 21.2 Å². The summed E-state index contributed by atoms with van der Waals surface area (Å²) >= 11 is 0. The Morgan fingerprint density at radius 1 is 0.963 bits per heavy atom. The van der Waals surface area contributed by atoms with E-state index in [4.69, 9.17) is 0 Å². The molecular formula is C16H21FN4O4S2. The van der Waals surface area contributed by atoms with Gasteiger partial charge in [0.15, 0.2) is 0 Å². The van der Waals surface area contributed by atoms with E-state index in [0.29, 0.717) is 12.2 Å². The molecule has 148 valence electrons. The van der Waals surface area contributed by atoms with Gasteiger partial charge in [-0.3, -0.25) is 4.68 Å². The van der Waals surface area contributed by atoms with Crippen LogP contribution in [0, 0.1) is 12.7 Å². The molecular weight excluding hydrogens is 395 g/mol. The molecule has 1 aliphatic rings. The smallest absolute Gasteiger partial charge is 0.246 e. The molecule has 0 unspecified atom stereocenters. The largest absolute Gasteiger partial charge is 0.271 e. The number of nitrogens with zero attached hydrogens (tertiary/aromatic N) is 4. The van der Waals surface area contributed by atoms with Crippen molar-refractivity contribution >= 4 is 20.0 Å². The molecule has 0 radical (unpaired) electrons. The van der Waals surface area contributed by atoms with Gasteiger partial charge >= 0.3 is 0 Å². The summed E-state index contributed by atoms with van der Waals surface area (Å²) in [4.78, 5) is 0.125. The number of rotatable bonds is 5. The molecule has 1 aromatic heterocycles. The molecule has 0 aliphatic carbocycles. The monoisotopic (exact) mass is 416 g/mol. The Bertz CT molecular complexity index is 1020. The van der Waals surface area contributed by atoms with Crippen LogP contribution < -0.4 is 0 Å². The van der Waals surface area contributed by atoms with Crippen LogP contribution in [0.2, 0.25) is 0 Å². The minimum atomic E-state index is -3.79. The summed E-state index contributed by atoms with van der Waals surface area (Å²) in [6.45, 7) is 4.19. The molecule has 11 heteroatoms. The van der Waals surface area contributed by atoms with Gasteiger partial charge in [-0.15, -0.1) is 0 Å². The standard InChI is InChI=1S/C16H21FN4O4S2/c1-3-19-12-16(13(2)18-19)27(24,25)21-10-8-20(9-11-21)26(22,23)15-6-4-14(17)5-7-15/h4-7,12H,3,8-11H2,1-2H3. The van der Waals surface area contributed by atoms with E-state index in [1.54, 1.807) is 11.6 Å². The van der Waals surface area contributed by atoms with E-state index in [-0.39, 0.29) is 36.0 Å². The predicted octanol–water partition coefficient (Wildman–Crippen LogP) is 1.05. The first kappa shape index (κ1) is 19.9. The van der Waals surface area contributed by atoms with E-state index in [9.17, 15) is 21.2 Å². The minimum absolute atomic E-state index is 0.0136. The van der Waals surface area contributed by atoms with Gasteiger partial charge in [-0.2, -0.15) is 13.7 Å². The van der Waals surface area contributed by atoms with Gasteiger partial charge in [-0.1, -0.05) is 0 Å². The summed E-state index contributed by atoms with van der Waals surface area (Å²) < 4.78 is 68.1. The van der Waals surface area contributed by atoms with Crippen molar-refractivity contribution in [2.24, 2.45) is 0 Å². The maximum absolute atomic E-state index is 13.0. The quantitative estimate of drug-likeness (QED) is 0.726. The summed E-state index contributed by atoms with van der Waals surface area (Å²) in [5.74, 6) is -0.521. The number of hydrogen-bond acceptors (Lipinski definition) is 5. The molecule has 0 saturated carbocycles. The number of benzene rings is 1.